The molecule has 0 saturated carbocycles. The highest BCUT2D eigenvalue weighted by Crippen LogP contribution is 2.06. The van der Waals surface area contributed by atoms with Gasteiger partial charge in [0.1, 0.15) is 5.76 Å². The zero-order chi connectivity index (χ0) is 10.4. The molecule has 0 spiro atoms. The largest absolute Gasteiger partial charge is 0.469 e. The first kappa shape index (κ1) is 11.3. The third-order valence-corrected chi connectivity index (χ3v) is 2.60. The van der Waals surface area contributed by atoms with Crippen LogP contribution in [0.2, 0.25) is 0 Å². The lowest BCUT2D eigenvalue weighted by atomic mass is 10.0. The molecule has 14 heavy (non-hydrogen) atoms. The number of hydrogen-bond donors (Lipinski definition) is 1. The minimum atomic E-state index is 0.630. The summed E-state index contributed by atoms with van der Waals surface area (Å²) in [6.45, 7) is 7.75. The van der Waals surface area contributed by atoms with Crippen LogP contribution in [0.4, 0.5) is 0 Å². The predicted octanol–water partition coefficient (Wildman–Crippen LogP) is 2.85. The van der Waals surface area contributed by atoms with E-state index in [1.165, 1.54) is 6.42 Å². The molecule has 0 radical (unpaired) electrons. The summed E-state index contributed by atoms with van der Waals surface area (Å²) >= 11 is 0. The van der Waals surface area contributed by atoms with Crippen molar-refractivity contribution in [2.75, 3.05) is 6.54 Å². The minimum Gasteiger partial charge on any atom is -0.469 e. The van der Waals surface area contributed by atoms with Crippen LogP contribution >= 0.6 is 0 Å². The topological polar surface area (TPSA) is 25.2 Å². The molecule has 1 rings (SSSR count). The van der Waals surface area contributed by atoms with E-state index in [1.54, 1.807) is 6.26 Å². The first-order chi connectivity index (χ1) is 6.74. The van der Waals surface area contributed by atoms with Crippen molar-refractivity contribution >= 4 is 0 Å². The van der Waals surface area contributed by atoms with Crippen molar-refractivity contribution in [2.24, 2.45) is 5.92 Å². The van der Waals surface area contributed by atoms with Crippen LogP contribution < -0.4 is 5.32 Å². The molecule has 1 aromatic rings. The van der Waals surface area contributed by atoms with Gasteiger partial charge in [0.2, 0.25) is 0 Å². The van der Waals surface area contributed by atoms with Gasteiger partial charge in [-0.05, 0) is 24.5 Å². The molecule has 2 nitrogen and oxygen atoms in total. The molecular formula is C12H21NO. The van der Waals surface area contributed by atoms with Crippen LogP contribution in [-0.4, -0.2) is 12.6 Å². The maximum Gasteiger partial charge on any atom is 0.105 e. The van der Waals surface area contributed by atoms with Gasteiger partial charge in [-0.15, -0.1) is 0 Å². The first-order valence-corrected chi connectivity index (χ1v) is 5.49. The summed E-state index contributed by atoms with van der Waals surface area (Å²) < 4.78 is 5.27. The van der Waals surface area contributed by atoms with Crippen molar-refractivity contribution in [2.45, 2.75) is 39.7 Å². The van der Waals surface area contributed by atoms with Crippen molar-refractivity contribution in [1.82, 2.24) is 5.32 Å². The summed E-state index contributed by atoms with van der Waals surface area (Å²) in [5.74, 6) is 1.77. The SMILES string of the molecule is CCC(NCCc1ccco1)C(C)C. The van der Waals surface area contributed by atoms with Crippen molar-refractivity contribution in [3.8, 4) is 0 Å². The van der Waals surface area contributed by atoms with E-state index in [4.69, 9.17) is 4.42 Å². The van der Waals surface area contributed by atoms with E-state index in [1.807, 2.05) is 12.1 Å². The monoisotopic (exact) mass is 195 g/mol. The molecule has 0 aliphatic carbocycles. The second kappa shape index (κ2) is 5.86. The summed E-state index contributed by atoms with van der Waals surface area (Å²) in [7, 11) is 0. The van der Waals surface area contributed by atoms with Gasteiger partial charge in [0.25, 0.3) is 0 Å². The van der Waals surface area contributed by atoms with Crippen LogP contribution in [0.3, 0.4) is 0 Å². The van der Waals surface area contributed by atoms with Gasteiger partial charge in [-0.1, -0.05) is 20.8 Å². The van der Waals surface area contributed by atoms with E-state index in [-0.39, 0.29) is 0 Å². The Morgan fingerprint density at radius 2 is 2.21 bits per heavy atom. The van der Waals surface area contributed by atoms with Gasteiger partial charge in [0.05, 0.1) is 6.26 Å². The van der Waals surface area contributed by atoms with E-state index < -0.39 is 0 Å². The Morgan fingerprint density at radius 1 is 1.43 bits per heavy atom. The van der Waals surface area contributed by atoms with E-state index in [0.717, 1.165) is 18.7 Å². The molecule has 0 aliphatic rings. The van der Waals surface area contributed by atoms with Crippen LogP contribution in [0.5, 0.6) is 0 Å². The molecule has 1 atom stereocenters. The van der Waals surface area contributed by atoms with Gasteiger partial charge >= 0.3 is 0 Å². The Kier molecular flexibility index (Phi) is 4.74. The number of hydrogen-bond acceptors (Lipinski definition) is 2. The quantitative estimate of drug-likeness (QED) is 0.755. The minimum absolute atomic E-state index is 0.630. The highest BCUT2D eigenvalue weighted by molar-refractivity contribution is 4.98. The van der Waals surface area contributed by atoms with Crippen molar-refractivity contribution in [3.05, 3.63) is 24.2 Å². The van der Waals surface area contributed by atoms with Crippen LogP contribution in [0, 0.1) is 5.92 Å². The lowest BCUT2D eigenvalue weighted by molar-refractivity contribution is 0.384. The van der Waals surface area contributed by atoms with Crippen LogP contribution in [0.25, 0.3) is 0 Å². The molecule has 1 unspecified atom stereocenters. The maximum absolute atomic E-state index is 5.27. The summed E-state index contributed by atoms with van der Waals surface area (Å²) in [4.78, 5) is 0. The lowest BCUT2D eigenvalue weighted by Gasteiger charge is -2.20. The van der Waals surface area contributed by atoms with Crippen molar-refractivity contribution in [1.29, 1.82) is 0 Å². The van der Waals surface area contributed by atoms with Gasteiger partial charge in [-0.2, -0.15) is 0 Å². The fourth-order valence-corrected chi connectivity index (χ4v) is 1.69. The fraction of sp³-hybridized carbons (Fsp3) is 0.667. The molecule has 0 fully saturated rings. The Balaban J connectivity index is 2.20. The van der Waals surface area contributed by atoms with Crippen LogP contribution in [0.15, 0.2) is 22.8 Å². The first-order valence-electron chi connectivity index (χ1n) is 5.49. The van der Waals surface area contributed by atoms with E-state index >= 15 is 0 Å². The van der Waals surface area contributed by atoms with E-state index in [0.29, 0.717) is 12.0 Å². The number of rotatable bonds is 6. The normalized spacial score (nSPS) is 13.4. The molecule has 1 aromatic heterocycles. The summed E-state index contributed by atoms with van der Waals surface area (Å²) in [5.41, 5.74) is 0. The van der Waals surface area contributed by atoms with Gasteiger partial charge in [0.15, 0.2) is 0 Å². The van der Waals surface area contributed by atoms with Gasteiger partial charge in [-0.3, -0.25) is 0 Å². The molecule has 0 amide bonds. The van der Waals surface area contributed by atoms with Crippen LogP contribution in [0.1, 0.15) is 33.0 Å². The number of furan rings is 1. The molecule has 0 saturated heterocycles. The molecule has 0 aromatic carbocycles. The predicted molar refractivity (Wildman–Crippen MR) is 59.3 cm³/mol. The third-order valence-electron chi connectivity index (χ3n) is 2.60. The fourth-order valence-electron chi connectivity index (χ4n) is 1.69. The van der Waals surface area contributed by atoms with Crippen molar-refractivity contribution < 1.29 is 4.42 Å². The van der Waals surface area contributed by atoms with Gasteiger partial charge in [0, 0.05) is 19.0 Å². The number of nitrogens with one attached hydrogen (secondary N) is 1. The smallest absolute Gasteiger partial charge is 0.105 e. The molecule has 2 heteroatoms. The lowest BCUT2D eigenvalue weighted by Crippen LogP contribution is -2.34. The zero-order valence-electron chi connectivity index (χ0n) is 9.42. The summed E-state index contributed by atoms with van der Waals surface area (Å²) in [5, 5.41) is 3.55. The van der Waals surface area contributed by atoms with E-state index in [2.05, 4.69) is 26.1 Å². The molecule has 80 valence electrons. The zero-order valence-corrected chi connectivity index (χ0v) is 9.42. The molecule has 1 heterocycles. The maximum atomic E-state index is 5.27. The standard InChI is InChI=1S/C12H21NO/c1-4-12(10(2)3)13-8-7-11-6-5-9-14-11/h5-6,9-10,12-13H,4,7-8H2,1-3H3. The van der Waals surface area contributed by atoms with Gasteiger partial charge < -0.3 is 9.73 Å². The van der Waals surface area contributed by atoms with Gasteiger partial charge in [-0.25, -0.2) is 0 Å². The molecule has 0 aliphatic heterocycles. The van der Waals surface area contributed by atoms with Crippen molar-refractivity contribution in [3.63, 3.8) is 0 Å². The summed E-state index contributed by atoms with van der Waals surface area (Å²) in [6.07, 6.45) is 3.90. The summed E-state index contributed by atoms with van der Waals surface area (Å²) in [6, 6.07) is 4.59. The Morgan fingerprint density at radius 3 is 2.71 bits per heavy atom. The average Bonchev–Trinajstić information content (AvgIpc) is 2.64. The molecule has 1 N–H and O–H groups in total. The average molecular weight is 195 g/mol. The van der Waals surface area contributed by atoms with E-state index in [9.17, 15) is 0 Å². The second-order valence-electron chi connectivity index (χ2n) is 4.04. The molecular weight excluding hydrogens is 174 g/mol. The Hall–Kier alpha value is -0.760. The third kappa shape index (κ3) is 3.54. The highest BCUT2D eigenvalue weighted by Gasteiger charge is 2.09. The Bertz CT molecular complexity index is 228. The van der Waals surface area contributed by atoms with Crippen LogP contribution in [-0.2, 0) is 6.42 Å². The Labute approximate surface area is 86.7 Å². The second-order valence-corrected chi connectivity index (χ2v) is 4.04. The highest BCUT2D eigenvalue weighted by atomic mass is 16.3. The molecule has 0 bridgehead atoms.